The van der Waals surface area contributed by atoms with Crippen LogP contribution in [0, 0.1) is 6.92 Å². The first-order chi connectivity index (χ1) is 9.15. The van der Waals surface area contributed by atoms with Crippen LogP contribution in [-0.4, -0.2) is 42.0 Å². The van der Waals surface area contributed by atoms with E-state index < -0.39 is 5.91 Å². The van der Waals surface area contributed by atoms with Gasteiger partial charge in [0.2, 0.25) is 0 Å². The van der Waals surface area contributed by atoms with Crippen LogP contribution in [-0.2, 0) is 9.63 Å². The highest BCUT2D eigenvalue weighted by molar-refractivity contribution is 6.45. The van der Waals surface area contributed by atoms with Crippen LogP contribution in [0.5, 0.6) is 5.88 Å². The Bertz CT molecular complexity index is 513. The summed E-state index contributed by atoms with van der Waals surface area (Å²) < 4.78 is 0. The summed E-state index contributed by atoms with van der Waals surface area (Å²) in [5, 5.41) is 9.78. The van der Waals surface area contributed by atoms with Crippen molar-refractivity contribution >= 4 is 17.8 Å². The average Bonchev–Trinajstić information content (AvgIpc) is 2.42. The first kappa shape index (κ1) is 14.6. The molecule has 8 nitrogen and oxygen atoms in total. The fourth-order valence-electron chi connectivity index (χ4n) is 1.31. The Morgan fingerprint density at radius 1 is 1.47 bits per heavy atom. The summed E-state index contributed by atoms with van der Waals surface area (Å²) in [6.45, 7) is 3.39. The van der Waals surface area contributed by atoms with Gasteiger partial charge in [0.1, 0.15) is 13.4 Å². The third-order valence-corrected chi connectivity index (χ3v) is 2.11. The van der Waals surface area contributed by atoms with E-state index in [2.05, 4.69) is 30.4 Å². The lowest BCUT2D eigenvalue weighted by Gasteiger charge is -2.09. The highest BCUT2D eigenvalue weighted by Crippen LogP contribution is 2.19. The monoisotopic (exact) mass is 265 g/mol. The molecule has 0 fully saturated rings. The molecule has 1 amide bonds. The molecule has 0 radical (unpaired) electrons. The molecule has 0 atom stereocenters. The topological polar surface area (TPSA) is 98.1 Å². The minimum Gasteiger partial charge on any atom is -0.398 e. The van der Waals surface area contributed by atoms with E-state index in [0.29, 0.717) is 11.3 Å². The van der Waals surface area contributed by atoms with E-state index in [9.17, 15) is 4.79 Å². The predicted molar refractivity (Wildman–Crippen MR) is 69.2 cm³/mol. The van der Waals surface area contributed by atoms with Gasteiger partial charge in [-0.2, -0.15) is 4.98 Å². The molecule has 0 aromatic carbocycles. The normalized spacial score (nSPS) is 11.5. The number of oxime groups is 2. The second-order valence-electron chi connectivity index (χ2n) is 3.30. The van der Waals surface area contributed by atoms with Crippen molar-refractivity contribution in [3.63, 3.8) is 0 Å². The maximum Gasteiger partial charge on any atom is 0.273 e. The SMILES string of the molecule is CC=NOc1ncnc(C)c1/C(=N\OC)C(=O)NC. The van der Waals surface area contributed by atoms with Crippen LogP contribution in [0.4, 0.5) is 0 Å². The van der Waals surface area contributed by atoms with E-state index in [0.717, 1.165) is 0 Å². The summed E-state index contributed by atoms with van der Waals surface area (Å²) >= 11 is 0. The number of nitrogens with one attached hydrogen (secondary N) is 1. The quantitative estimate of drug-likeness (QED) is 0.608. The number of carbonyl (C=O) groups is 1. The first-order valence-electron chi connectivity index (χ1n) is 5.45. The Kier molecular flexibility index (Phi) is 5.39. The number of amides is 1. The molecule has 102 valence electrons. The molecular formula is C11H15N5O3. The van der Waals surface area contributed by atoms with Gasteiger partial charge in [-0.05, 0) is 13.8 Å². The molecule has 1 N–H and O–H groups in total. The predicted octanol–water partition coefficient (Wildman–Crippen LogP) is 0.266. The van der Waals surface area contributed by atoms with Crippen LogP contribution in [0.3, 0.4) is 0 Å². The summed E-state index contributed by atoms with van der Waals surface area (Å²) in [5.41, 5.74) is 0.870. The Labute approximate surface area is 110 Å². The molecule has 0 unspecified atom stereocenters. The zero-order valence-corrected chi connectivity index (χ0v) is 11.2. The van der Waals surface area contributed by atoms with Gasteiger partial charge < -0.3 is 15.0 Å². The molecule has 0 spiro atoms. The van der Waals surface area contributed by atoms with Crippen molar-refractivity contribution in [3.8, 4) is 5.88 Å². The van der Waals surface area contributed by atoms with E-state index in [1.54, 1.807) is 13.8 Å². The molecule has 0 saturated heterocycles. The summed E-state index contributed by atoms with van der Waals surface area (Å²) in [6, 6.07) is 0. The van der Waals surface area contributed by atoms with Gasteiger partial charge in [0.15, 0.2) is 5.71 Å². The number of rotatable bonds is 5. The van der Waals surface area contributed by atoms with Crippen molar-refractivity contribution < 1.29 is 14.5 Å². The maximum absolute atomic E-state index is 11.8. The van der Waals surface area contributed by atoms with Crippen molar-refractivity contribution in [1.82, 2.24) is 15.3 Å². The molecule has 1 aromatic rings. The lowest BCUT2D eigenvalue weighted by Crippen LogP contribution is -2.30. The molecule has 0 saturated carbocycles. The molecule has 0 aliphatic heterocycles. The number of aryl methyl sites for hydroxylation is 1. The molecule has 19 heavy (non-hydrogen) atoms. The largest absolute Gasteiger partial charge is 0.398 e. The van der Waals surface area contributed by atoms with Crippen LogP contribution in [0.25, 0.3) is 0 Å². The van der Waals surface area contributed by atoms with Crippen molar-refractivity contribution in [1.29, 1.82) is 0 Å². The number of nitrogens with zero attached hydrogens (tertiary/aromatic N) is 4. The van der Waals surface area contributed by atoms with E-state index in [1.807, 2.05) is 0 Å². The molecular weight excluding hydrogens is 250 g/mol. The lowest BCUT2D eigenvalue weighted by molar-refractivity contribution is -0.114. The summed E-state index contributed by atoms with van der Waals surface area (Å²) in [7, 11) is 2.82. The molecule has 1 rings (SSSR count). The third-order valence-electron chi connectivity index (χ3n) is 2.11. The Hall–Kier alpha value is -2.51. The lowest BCUT2D eigenvalue weighted by atomic mass is 10.1. The van der Waals surface area contributed by atoms with Gasteiger partial charge in [-0.25, -0.2) is 4.98 Å². The fraction of sp³-hybridized carbons (Fsp3) is 0.364. The van der Waals surface area contributed by atoms with E-state index in [1.165, 1.54) is 26.7 Å². The number of hydrogen-bond donors (Lipinski definition) is 1. The number of carbonyl (C=O) groups excluding carboxylic acids is 1. The second kappa shape index (κ2) is 7.04. The van der Waals surface area contributed by atoms with Crippen LogP contribution < -0.4 is 10.2 Å². The minimum atomic E-state index is -0.440. The molecule has 1 heterocycles. The zero-order valence-electron chi connectivity index (χ0n) is 11.2. The van der Waals surface area contributed by atoms with E-state index >= 15 is 0 Å². The van der Waals surface area contributed by atoms with E-state index in [-0.39, 0.29) is 11.6 Å². The molecule has 0 bridgehead atoms. The highest BCUT2D eigenvalue weighted by atomic mass is 16.6. The van der Waals surface area contributed by atoms with Gasteiger partial charge in [-0.15, -0.1) is 0 Å². The Balaban J connectivity index is 3.36. The third kappa shape index (κ3) is 3.47. The summed E-state index contributed by atoms with van der Waals surface area (Å²) in [6.07, 6.45) is 2.77. The van der Waals surface area contributed by atoms with E-state index in [4.69, 9.17) is 4.84 Å². The van der Waals surface area contributed by atoms with Gasteiger partial charge in [0.05, 0.1) is 11.3 Å². The van der Waals surface area contributed by atoms with Crippen LogP contribution in [0.15, 0.2) is 16.6 Å². The van der Waals surface area contributed by atoms with Crippen molar-refractivity contribution in [3.05, 3.63) is 17.6 Å². The van der Waals surface area contributed by atoms with Gasteiger partial charge in [-0.1, -0.05) is 10.3 Å². The maximum atomic E-state index is 11.8. The molecule has 0 aliphatic rings. The summed E-state index contributed by atoms with van der Waals surface area (Å²) in [5.74, 6) is -0.310. The second-order valence-corrected chi connectivity index (χ2v) is 3.30. The van der Waals surface area contributed by atoms with Gasteiger partial charge in [0, 0.05) is 13.3 Å². The Morgan fingerprint density at radius 2 is 2.21 bits per heavy atom. The van der Waals surface area contributed by atoms with Crippen molar-refractivity contribution in [2.45, 2.75) is 13.8 Å². The summed E-state index contributed by atoms with van der Waals surface area (Å²) in [4.78, 5) is 29.5. The van der Waals surface area contributed by atoms with Crippen LogP contribution in [0.1, 0.15) is 18.2 Å². The number of hydrogen-bond acceptors (Lipinski definition) is 7. The van der Waals surface area contributed by atoms with Gasteiger partial charge >= 0.3 is 0 Å². The zero-order chi connectivity index (χ0) is 14.3. The molecule has 8 heteroatoms. The molecule has 0 aliphatic carbocycles. The standard InChI is InChI=1S/C11H15N5O3/c1-5-15-19-11-8(7(2)13-6-14-11)9(16-18-4)10(17)12-3/h5-6H,1-4H3,(H,12,17)/b15-5?,16-9+. The van der Waals surface area contributed by atoms with Crippen LogP contribution in [0.2, 0.25) is 0 Å². The average molecular weight is 265 g/mol. The van der Waals surface area contributed by atoms with Gasteiger partial charge in [-0.3, -0.25) is 4.79 Å². The minimum absolute atomic E-state index is 0.0180. The van der Waals surface area contributed by atoms with Crippen LogP contribution >= 0.6 is 0 Å². The Morgan fingerprint density at radius 3 is 2.79 bits per heavy atom. The number of likely N-dealkylation sites (N-methyl/N-ethyl adjacent to an activating group) is 1. The fourth-order valence-corrected chi connectivity index (χ4v) is 1.31. The highest BCUT2D eigenvalue weighted by Gasteiger charge is 2.23. The van der Waals surface area contributed by atoms with Crippen molar-refractivity contribution in [2.24, 2.45) is 10.3 Å². The first-order valence-corrected chi connectivity index (χ1v) is 5.45. The van der Waals surface area contributed by atoms with Crippen molar-refractivity contribution in [2.75, 3.05) is 14.2 Å². The van der Waals surface area contributed by atoms with Gasteiger partial charge in [0.25, 0.3) is 11.8 Å². The smallest absolute Gasteiger partial charge is 0.273 e. The molecule has 1 aromatic heterocycles. The number of aromatic nitrogens is 2.